The summed E-state index contributed by atoms with van der Waals surface area (Å²) < 4.78 is 4.26. The van der Waals surface area contributed by atoms with Gasteiger partial charge in [0.05, 0.1) is 102 Å². The number of phenolic OH excluding ortho intramolecular Hbond substituents is 4. The van der Waals surface area contributed by atoms with Crippen LogP contribution < -0.4 is 15.1 Å². The van der Waals surface area contributed by atoms with Gasteiger partial charge in [-0.2, -0.15) is 10.5 Å². The SMILES string of the molecule is CCCC[N+](CCCC)(CCCC)CCCC.CCCC[N+](CCCC)(CCCC)CCCC.CCCC[N+](CCCC)(CCCC)CCCC.N#Cc1ccc(O)c(O)c1.N#Cc1ccc(O)c(O)c1.[O-]B([O-])[O-]. The lowest BCUT2D eigenvalue weighted by Gasteiger charge is -2.39. The molecule has 0 aliphatic heterocycles. The number of quaternary nitrogens is 3. The van der Waals surface area contributed by atoms with Crippen LogP contribution in [0.5, 0.6) is 23.0 Å². The van der Waals surface area contributed by atoms with Crippen molar-refractivity contribution in [1.29, 1.82) is 10.5 Å². The van der Waals surface area contributed by atoms with Gasteiger partial charge in [-0.05, 0) is 101 Å². The molecule has 0 saturated heterocycles. The predicted octanol–water partition coefficient (Wildman–Crippen LogP) is 13.0. The Hall–Kier alpha value is -3.56. The quantitative estimate of drug-likeness (QED) is 0.0291. The summed E-state index contributed by atoms with van der Waals surface area (Å²) in [6.07, 6.45) is 33.2. The molecule has 0 aliphatic rings. The summed E-state index contributed by atoms with van der Waals surface area (Å²) in [5.74, 6) is -0.948. The zero-order chi connectivity index (χ0) is 57.7. The van der Waals surface area contributed by atoms with Crippen molar-refractivity contribution in [3.8, 4) is 35.1 Å². The molecule has 0 saturated carbocycles. The Morgan fingerprint density at radius 2 is 0.467 bits per heavy atom. The number of benzene rings is 2. The van der Waals surface area contributed by atoms with Gasteiger partial charge in [0.15, 0.2) is 23.0 Å². The molecule has 2 aromatic carbocycles. The standard InChI is InChI=1S/3C16H36N.2C7H5NO2.BO3/c3*1-5-9-13-17(14-10-6-2,15-11-7-3)16-12-8-4;2*8-4-5-1-2-6(9)7(10)3-5;2-1(3)4/h3*5-16H2,1-4H3;2*1-3,9-10H;/q3*+1;;;-3. The molecule has 2 aromatic rings. The van der Waals surface area contributed by atoms with E-state index < -0.39 is 7.32 Å². The van der Waals surface area contributed by atoms with Crippen LogP contribution in [0.1, 0.15) is 248 Å². The van der Waals surface area contributed by atoms with Crippen LogP contribution in [0.2, 0.25) is 0 Å². The average Bonchev–Trinajstić information content (AvgIpc) is 3.41. The van der Waals surface area contributed by atoms with Gasteiger partial charge in [-0.25, -0.2) is 0 Å². The van der Waals surface area contributed by atoms with Crippen LogP contribution in [0.25, 0.3) is 0 Å². The summed E-state index contributed by atoms with van der Waals surface area (Å²) in [6.45, 7) is 45.1. The van der Waals surface area contributed by atoms with Gasteiger partial charge >= 0.3 is 0 Å². The number of unbranched alkanes of at least 4 members (excludes halogenated alkanes) is 12. The Balaban J connectivity index is -0.000000418. The first-order valence-electron chi connectivity index (χ1n) is 30.3. The number of hydrogen-bond acceptors (Lipinski definition) is 9. The van der Waals surface area contributed by atoms with Crippen LogP contribution in [0.3, 0.4) is 0 Å². The number of rotatable bonds is 36. The van der Waals surface area contributed by atoms with E-state index in [1.807, 2.05) is 12.1 Å². The monoisotopic (exact) mass is 1060 g/mol. The van der Waals surface area contributed by atoms with Gasteiger partial charge in [0.2, 0.25) is 0 Å². The number of nitrogens with zero attached hydrogens (tertiary/aromatic N) is 5. The van der Waals surface area contributed by atoms with Gasteiger partial charge in [0.25, 0.3) is 0 Å². The van der Waals surface area contributed by atoms with Crippen molar-refractivity contribution in [3.05, 3.63) is 47.5 Å². The second-order valence-corrected chi connectivity index (χ2v) is 20.9. The average molecular weight is 1060 g/mol. The molecule has 0 unspecified atom stereocenters. The van der Waals surface area contributed by atoms with Gasteiger partial charge in [-0.1, -0.05) is 160 Å². The van der Waals surface area contributed by atoms with Crippen molar-refractivity contribution >= 4 is 7.32 Å². The Morgan fingerprint density at radius 1 is 0.320 bits per heavy atom. The van der Waals surface area contributed by atoms with Crippen molar-refractivity contribution in [1.82, 2.24) is 0 Å². The zero-order valence-electron chi connectivity index (χ0n) is 50.7. The fraction of sp³-hybridized carbons (Fsp3) is 0.774. The van der Waals surface area contributed by atoms with Crippen LogP contribution in [-0.2, 0) is 0 Å². The Kier molecular flexibility index (Phi) is 55.9. The zero-order valence-corrected chi connectivity index (χ0v) is 50.7. The number of hydrogen-bond donors (Lipinski definition) is 4. The summed E-state index contributed by atoms with van der Waals surface area (Å²) in [4.78, 5) is 0. The van der Waals surface area contributed by atoms with E-state index >= 15 is 0 Å². The summed E-state index contributed by atoms with van der Waals surface area (Å²) in [5, 5.41) is 77.1. The van der Waals surface area contributed by atoms with Crippen molar-refractivity contribution in [3.63, 3.8) is 0 Å². The molecule has 0 atom stereocenters. The van der Waals surface area contributed by atoms with Gasteiger partial charge in [0.1, 0.15) is 0 Å². The van der Waals surface area contributed by atoms with Crippen molar-refractivity contribution in [2.24, 2.45) is 0 Å². The summed E-state index contributed by atoms with van der Waals surface area (Å²) in [7, 11) is -2.92. The van der Waals surface area contributed by atoms with E-state index in [-0.39, 0.29) is 23.0 Å². The van der Waals surface area contributed by atoms with Gasteiger partial charge < -0.3 is 48.9 Å². The Morgan fingerprint density at radius 3 is 0.573 bits per heavy atom. The first-order valence-corrected chi connectivity index (χ1v) is 30.3. The van der Waals surface area contributed by atoms with Crippen molar-refractivity contribution < 1.29 is 48.9 Å². The molecule has 2 rings (SSSR count). The topological polar surface area (TPSA) is 198 Å². The largest absolute Gasteiger partial charge is 0.907 e. The normalized spacial score (nSPS) is 10.8. The molecule has 0 fully saturated rings. The number of aromatic hydroxyl groups is 4. The van der Waals surface area contributed by atoms with E-state index in [0.29, 0.717) is 11.1 Å². The molecule has 12 nitrogen and oxygen atoms in total. The van der Waals surface area contributed by atoms with Crippen LogP contribution in [0.15, 0.2) is 36.4 Å². The lowest BCUT2D eigenvalue weighted by Crippen LogP contribution is -2.56. The maximum absolute atomic E-state index is 8.83. The molecule has 75 heavy (non-hydrogen) atoms. The van der Waals surface area contributed by atoms with E-state index in [2.05, 4.69) is 83.1 Å². The third kappa shape index (κ3) is 44.2. The highest BCUT2D eigenvalue weighted by Gasteiger charge is 2.27. The van der Waals surface area contributed by atoms with Crippen LogP contribution in [-0.4, -0.2) is 120 Å². The van der Waals surface area contributed by atoms with Crippen molar-refractivity contribution in [2.75, 3.05) is 78.5 Å². The molecular weight excluding hydrogens is 938 g/mol. The summed E-state index contributed by atoms with van der Waals surface area (Å²) in [5.41, 5.74) is 0.658. The number of nitriles is 2. The molecular formula is C62H118BN5O7. The minimum absolute atomic E-state index is 0.209. The molecule has 0 spiro atoms. The maximum Gasteiger partial charge on any atom is 0.158 e. The molecule has 0 bridgehead atoms. The molecule has 13 heteroatoms. The lowest BCUT2D eigenvalue weighted by atomic mass is 10.1. The second kappa shape index (κ2) is 53.8. The molecule has 0 heterocycles. The summed E-state index contributed by atoms with van der Waals surface area (Å²) >= 11 is 0. The fourth-order valence-corrected chi connectivity index (χ4v) is 9.12. The van der Waals surface area contributed by atoms with E-state index in [0.717, 1.165) is 0 Å². The molecule has 0 radical (unpaired) electrons. The van der Waals surface area contributed by atoms with Crippen LogP contribution in [0.4, 0.5) is 0 Å². The third-order valence-electron chi connectivity index (χ3n) is 14.0. The maximum atomic E-state index is 8.83. The Bertz CT molecular complexity index is 1370. The van der Waals surface area contributed by atoms with E-state index in [1.54, 1.807) is 0 Å². The summed E-state index contributed by atoms with van der Waals surface area (Å²) in [6, 6.07) is 11.4. The minimum atomic E-state index is -2.92. The van der Waals surface area contributed by atoms with E-state index in [4.69, 9.17) is 46.0 Å². The highest BCUT2D eigenvalue weighted by molar-refractivity contribution is 6.24. The highest BCUT2D eigenvalue weighted by Crippen LogP contribution is 2.25. The smallest absolute Gasteiger partial charge is 0.158 e. The third-order valence-corrected chi connectivity index (χ3v) is 14.0. The van der Waals surface area contributed by atoms with E-state index in [1.165, 1.54) is 282 Å². The fourth-order valence-electron chi connectivity index (χ4n) is 9.12. The molecule has 4 N–H and O–H groups in total. The molecule has 0 amide bonds. The van der Waals surface area contributed by atoms with Crippen LogP contribution in [0, 0.1) is 22.7 Å². The van der Waals surface area contributed by atoms with Gasteiger partial charge in [-0.3, -0.25) is 7.32 Å². The first-order chi connectivity index (χ1) is 35.9. The second-order valence-electron chi connectivity index (χ2n) is 20.9. The van der Waals surface area contributed by atoms with E-state index in [9.17, 15) is 0 Å². The first kappa shape index (κ1) is 77.9. The number of phenols is 4. The lowest BCUT2D eigenvalue weighted by molar-refractivity contribution is -0.929. The minimum Gasteiger partial charge on any atom is -0.907 e. The van der Waals surface area contributed by atoms with Crippen molar-refractivity contribution in [2.45, 2.75) is 237 Å². The Labute approximate surface area is 463 Å². The highest BCUT2D eigenvalue weighted by atomic mass is 16.5. The predicted molar refractivity (Wildman–Crippen MR) is 313 cm³/mol. The van der Waals surface area contributed by atoms with Crippen LogP contribution >= 0.6 is 0 Å². The molecule has 0 aliphatic carbocycles. The van der Waals surface area contributed by atoms with Gasteiger partial charge in [0, 0.05) is 12.1 Å². The molecule has 0 aromatic heterocycles. The molecule has 436 valence electrons. The van der Waals surface area contributed by atoms with Gasteiger partial charge in [-0.15, -0.1) is 0 Å².